The van der Waals surface area contributed by atoms with Crippen molar-refractivity contribution < 1.29 is 14.7 Å². The Hall–Kier alpha value is -1.82. The molecule has 1 fully saturated rings. The maximum absolute atomic E-state index is 11.2. The van der Waals surface area contributed by atoms with Gasteiger partial charge >= 0.3 is 5.97 Å². The monoisotopic (exact) mass is 223 g/mol. The zero-order chi connectivity index (χ0) is 11.5. The molecule has 0 spiro atoms. The molecular formula is C10H13N3O3. The lowest BCUT2D eigenvalue weighted by Crippen LogP contribution is -2.56. The van der Waals surface area contributed by atoms with Gasteiger partial charge in [0.1, 0.15) is 6.17 Å². The number of allylic oxidation sites excluding steroid dienone is 2. The van der Waals surface area contributed by atoms with Crippen molar-refractivity contribution in [2.24, 2.45) is 0 Å². The molecule has 16 heavy (non-hydrogen) atoms. The lowest BCUT2D eigenvalue weighted by molar-refractivity contribution is -0.134. The number of dihydropyridines is 1. The first-order valence-corrected chi connectivity index (χ1v) is 5.05. The van der Waals surface area contributed by atoms with E-state index in [1.165, 1.54) is 0 Å². The fraction of sp³-hybridized carbons (Fsp3) is 0.400. The van der Waals surface area contributed by atoms with E-state index in [2.05, 4.69) is 10.6 Å². The van der Waals surface area contributed by atoms with E-state index in [1.807, 2.05) is 4.90 Å². The summed E-state index contributed by atoms with van der Waals surface area (Å²) in [6, 6.07) is 0. The van der Waals surface area contributed by atoms with Crippen molar-refractivity contribution in [3.05, 3.63) is 23.9 Å². The Balaban J connectivity index is 2.13. The Kier molecular flexibility index (Phi) is 2.91. The zero-order valence-electron chi connectivity index (χ0n) is 8.64. The van der Waals surface area contributed by atoms with Crippen LogP contribution in [0.1, 0.15) is 0 Å². The smallest absolute Gasteiger partial charge is 0.335 e. The van der Waals surface area contributed by atoms with E-state index in [1.54, 1.807) is 18.4 Å². The second-order valence-corrected chi connectivity index (χ2v) is 3.68. The summed E-state index contributed by atoms with van der Waals surface area (Å²) in [6.07, 6.45) is 4.46. The first-order valence-electron chi connectivity index (χ1n) is 5.05. The highest BCUT2D eigenvalue weighted by Crippen LogP contribution is 2.13. The first kappa shape index (κ1) is 10.7. The van der Waals surface area contributed by atoms with Gasteiger partial charge in [-0.2, -0.15) is 0 Å². The Morgan fingerprint density at radius 3 is 3.06 bits per heavy atom. The summed E-state index contributed by atoms with van der Waals surface area (Å²) in [6.45, 7) is 1.41. The van der Waals surface area contributed by atoms with Crippen LogP contribution in [-0.4, -0.2) is 47.7 Å². The van der Waals surface area contributed by atoms with Crippen molar-refractivity contribution in [1.82, 2.24) is 15.5 Å². The van der Waals surface area contributed by atoms with Gasteiger partial charge in [-0.15, -0.1) is 0 Å². The van der Waals surface area contributed by atoms with Crippen LogP contribution in [0.3, 0.4) is 0 Å². The third-order valence-electron chi connectivity index (χ3n) is 2.60. The van der Waals surface area contributed by atoms with Crippen LogP contribution in [0.15, 0.2) is 23.9 Å². The largest absolute Gasteiger partial charge is 0.478 e. The average molecular weight is 223 g/mol. The van der Waals surface area contributed by atoms with Crippen LogP contribution in [0.4, 0.5) is 0 Å². The third kappa shape index (κ3) is 2.06. The van der Waals surface area contributed by atoms with Crippen LogP contribution in [0.25, 0.3) is 0 Å². The normalized spacial score (nSPS) is 25.6. The summed E-state index contributed by atoms with van der Waals surface area (Å²) >= 11 is 0. The van der Waals surface area contributed by atoms with E-state index in [4.69, 9.17) is 5.11 Å². The van der Waals surface area contributed by atoms with E-state index in [0.29, 0.717) is 13.1 Å². The predicted molar refractivity (Wildman–Crippen MR) is 56.4 cm³/mol. The van der Waals surface area contributed by atoms with Gasteiger partial charge in [-0.3, -0.25) is 9.69 Å². The van der Waals surface area contributed by atoms with Gasteiger partial charge in [0.15, 0.2) is 0 Å². The Labute approximate surface area is 92.6 Å². The molecule has 1 amide bonds. The average Bonchev–Trinajstić information content (AvgIpc) is 2.29. The molecule has 2 heterocycles. The number of carboxylic acid groups (broad SMARTS) is 1. The molecule has 1 unspecified atom stereocenters. The van der Waals surface area contributed by atoms with Gasteiger partial charge in [0.2, 0.25) is 5.91 Å². The third-order valence-corrected chi connectivity index (χ3v) is 2.60. The molecule has 2 aliphatic rings. The van der Waals surface area contributed by atoms with Gasteiger partial charge in [-0.1, -0.05) is 0 Å². The SMILES string of the molecule is O=C1CN(C2NC=CC=C2C(=O)O)CCN1. The second kappa shape index (κ2) is 4.36. The minimum absolute atomic E-state index is 0.0765. The van der Waals surface area contributed by atoms with Gasteiger partial charge in [-0.05, 0) is 18.4 Å². The highest BCUT2D eigenvalue weighted by atomic mass is 16.4. The van der Waals surface area contributed by atoms with Crippen molar-refractivity contribution >= 4 is 11.9 Å². The molecule has 0 aromatic heterocycles. The van der Waals surface area contributed by atoms with E-state index < -0.39 is 12.1 Å². The van der Waals surface area contributed by atoms with Gasteiger partial charge < -0.3 is 15.7 Å². The number of carboxylic acids is 1. The highest BCUT2D eigenvalue weighted by Gasteiger charge is 2.30. The number of hydrogen-bond acceptors (Lipinski definition) is 4. The minimum Gasteiger partial charge on any atom is -0.478 e. The number of rotatable bonds is 2. The van der Waals surface area contributed by atoms with Crippen molar-refractivity contribution in [2.75, 3.05) is 19.6 Å². The van der Waals surface area contributed by atoms with Crippen LogP contribution in [0.5, 0.6) is 0 Å². The molecule has 6 heteroatoms. The van der Waals surface area contributed by atoms with E-state index in [0.717, 1.165) is 0 Å². The number of aliphatic carboxylic acids is 1. The molecular weight excluding hydrogens is 210 g/mol. The molecule has 86 valence electrons. The fourth-order valence-corrected chi connectivity index (χ4v) is 1.85. The van der Waals surface area contributed by atoms with Crippen LogP contribution < -0.4 is 10.6 Å². The molecule has 6 nitrogen and oxygen atoms in total. The Bertz CT molecular complexity index is 376. The topological polar surface area (TPSA) is 81.7 Å². The lowest BCUT2D eigenvalue weighted by Gasteiger charge is -2.35. The number of hydrogen-bond donors (Lipinski definition) is 3. The standard InChI is InChI=1S/C10H13N3O3/c14-8-6-13(5-4-11-8)9-7(10(15)16)2-1-3-12-9/h1-3,9,12H,4-6H2,(H,11,14)(H,15,16). The first-order chi connectivity index (χ1) is 7.68. The summed E-state index contributed by atoms with van der Waals surface area (Å²) in [4.78, 5) is 24.1. The number of carbonyl (C=O) groups is 2. The maximum atomic E-state index is 11.2. The molecule has 0 saturated carbocycles. The van der Waals surface area contributed by atoms with Crippen LogP contribution in [-0.2, 0) is 9.59 Å². The molecule has 0 aromatic rings. The van der Waals surface area contributed by atoms with E-state index >= 15 is 0 Å². The molecule has 0 aromatic carbocycles. The Morgan fingerprint density at radius 1 is 1.56 bits per heavy atom. The summed E-state index contributed by atoms with van der Waals surface area (Å²) in [5.74, 6) is -1.04. The highest BCUT2D eigenvalue weighted by molar-refractivity contribution is 5.89. The molecule has 0 bridgehead atoms. The second-order valence-electron chi connectivity index (χ2n) is 3.68. The van der Waals surface area contributed by atoms with Crippen LogP contribution in [0, 0.1) is 0 Å². The summed E-state index contributed by atoms with van der Waals surface area (Å²) in [5.41, 5.74) is 0.261. The number of carbonyl (C=O) groups excluding carboxylic acids is 1. The van der Waals surface area contributed by atoms with Crippen molar-refractivity contribution in [3.8, 4) is 0 Å². The summed E-state index contributed by atoms with van der Waals surface area (Å²) in [7, 11) is 0. The minimum atomic E-state index is -0.965. The number of amides is 1. The Morgan fingerprint density at radius 2 is 2.38 bits per heavy atom. The number of nitrogens with zero attached hydrogens (tertiary/aromatic N) is 1. The quantitative estimate of drug-likeness (QED) is 0.552. The van der Waals surface area contributed by atoms with Crippen molar-refractivity contribution in [1.29, 1.82) is 0 Å². The summed E-state index contributed by atoms with van der Waals surface area (Å²) < 4.78 is 0. The van der Waals surface area contributed by atoms with E-state index in [-0.39, 0.29) is 18.0 Å². The number of piperazine rings is 1. The number of nitrogens with one attached hydrogen (secondary N) is 2. The summed E-state index contributed by atoms with van der Waals surface area (Å²) in [5, 5.41) is 14.7. The van der Waals surface area contributed by atoms with Gasteiger partial charge in [0.25, 0.3) is 0 Å². The van der Waals surface area contributed by atoms with Gasteiger partial charge in [0.05, 0.1) is 12.1 Å². The molecule has 3 N–H and O–H groups in total. The molecule has 2 aliphatic heterocycles. The van der Waals surface area contributed by atoms with Gasteiger partial charge in [0, 0.05) is 13.1 Å². The van der Waals surface area contributed by atoms with Gasteiger partial charge in [-0.25, -0.2) is 4.79 Å². The molecule has 0 radical (unpaired) electrons. The fourth-order valence-electron chi connectivity index (χ4n) is 1.85. The molecule has 1 saturated heterocycles. The molecule has 1 atom stereocenters. The van der Waals surface area contributed by atoms with Crippen molar-refractivity contribution in [2.45, 2.75) is 6.17 Å². The predicted octanol–water partition coefficient (Wildman–Crippen LogP) is -1.13. The van der Waals surface area contributed by atoms with Crippen LogP contribution in [0.2, 0.25) is 0 Å². The zero-order valence-corrected chi connectivity index (χ0v) is 8.64. The molecule has 0 aliphatic carbocycles. The van der Waals surface area contributed by atoms with Crippen LogP contribution >= 0.6 is 0 Å². The molecule has 2 rings (SSSR count). The maximum Gasteiger partial charge on any atom is 0.335 e. The lowest BCUT2D eigenvalue weighted by atomic mass is 10.1. The van der Waals surface area contributed by atoms with E-state index in [9.17, 15) is 9.59 Å². The van der Waals surface area contributed by atoms with Crippen molar-refractivity contribution in [3.63, 3.8) is 0 Å².